The quantitative estimate of drug-likeness (QED) is 0.359. The van der Waals surface area contributed by atoms with Crippen LogP contribution in [0.1, 0.15) is 33.3 Å². The summed E-state index contributed by atoms with van der Waals surface area (Å²) in [4.78, 5) is 38.6. The Balaban J connectivity index is 2.09. The third-order valence-electron chi connectivity index (χ3n) is 4.23. The maximum atomic E-state index is 13.4. The van der Waals surface area contributed by atoms with E-state index in [0.717, 1.165) is 4.90 Å². The zero-order valence-electron chi connectivity index (χ0n) is 17.1. The molecule has 0 fully saturated rings. The first-order valence-electron chi connectivity index (χ1n) is 9.51. The predicted octanol–water partition coefficient (Wildman–Crippen LogP) is 4.81. The Hall–Kier alpha value is -3.13. The maximum Gasteiger partial charge on any atom is 0.272 e. The number of carbonyl (C=O) groups is 2. The summed E-state index contributed by atoms with van der Waals surface area (Å²) in [6, 6.07) is 12.6. The molecule has 0 spiro atoms. The Morgan fingerprint density at radius 3 is 2.17 bits per heavy atom. The average Bonchev–Trinajstić information content (AvgIpc) is 2.91. The average molecular weight is 426 g/mol. The van der Waals surface area contributed by atoms with Gasteiger partial charge in [-0.3, -0.25) is 19.7 Å². The van der Waals surface area contributed by atoms with Crippen molar-refractivity contribution in [3.05, 3.63) is 69.1 Å². The number of nitro groups is 1. The first-order chi connectivity index (χ1) is 14.2. The standard InChI is InChI=1S/C22H22N2O5S/c1-13(2)29-18-8-6-5-7-17(18)23-21(25)19(20(22(23)26)30-14(3)4)15-9-11-16(12-10-15)24(27)28/h5-14H,1-4H3. The predicted molar refractivity (Wildman–Crippen MR) is 117 cm³/mol. The van der Waals surface area contributed by atoms with E-state index in [9.17, 15) is 19.7 Å². The number of non-ortho nitro benzene ring substituents is 1. The highest BCUT2D eigenvalue weighted by Gasteiger charge is 2.41. The SMILES string of the molecule is CC(C)Oc1ccccc1N1C(=O)C(SC(C)C)=C(c2ccc([N+](=O)[O-])cc2)C1=O. The van der Waals surface area contributed by atoms with Gasteiger partial charge in [-0.05, 0) is 43.7 Å². The van der Waals surface area contributed by atoms with E-state index < -0.39 is 16.7 Å². The highest BCUT2D eigenvalue weighted by atomic mass is 32.2. The molecule has 0 N–H and O–H groups in total. The second kappa shape index (κ2) is 8.71. The second-order valence-electron chi connectivity index (χ2n) is 7.25. The summed E-state index contributed by atoms with van der Waals surface area (Å²) >= 11 is 1.30. The first-order valence-corrected chi connectivity index (χ1v) is 10.4. The minimum absolute atomic E-state index is 0.0620. The molecule has 0 bridgehead atoms. The van der Waals surface area contributed by atoms with E-state index in [4.69, 9.17) is 4.74 Å². The fourth-order valence-corrected chi connectivity index (χ4v) is 4.06. The van der Waals surface area contributed by atoms with Gasteiger partial charge in [-0.25, -0.2) is 4.90 Å². The van der Waals surface area contributed by atoms with Gasteiger partial charge in [0.1, 0.15) is 5.75 Å². The van der Waals surface area contributed by atoms with E-state index in [1.54, 1.807) is 24.3 Å². The van der Waals surface area contributed by atoms with Crippen molar-refractivity contribution in [3.63, 3.8) is 0 Å². The monoisotopic (exact) mass is 426 g/mol. The van der Waals surface area contributed by atoms with Crippen molar-refractivity contribution in [3.8, 4) is 5.75 Å². The van der Waals surface area contributed by atoms with Gasteiger partial charge in [0.25, 0.3) is 17.5 Å². The van der Waals surface area contributed by atoms with Crippen LogP contribution < -0.4 is 9.64 Å². The van der Waals surface area contributed by atoms with Crippen molar-refractivity contribution in [1.82, 2.24) is 0 Å². The normalized spacial score (nSPS) is 14.3. The molecule has 0 saturated carbocycles. The van der Waals surface area contributed by atoms with Crippen LogP contribution in [0.2, 0.25) is 0 Å². The molecule has 0 saturated heterocycles. The second-order valence-corrected chi connectivity index (χ2v) is 8.84. The largest absolute Gasteiger partial charge is 0.489 e. The number of imide groups is 1. The number of hydrogen-bond acceptors (Lipinski definition) is 6. The Morgan fingerprint density at radius 1 is 0.967 bits per heavy atom. The number of ether oxygens (including phenoxy) is 1. The zero-order chi connectivity index (χ0) is 22.0. The topological polar surface area (TPSA) is 89.8 Å². The molecule has 0 radical (unpaired) electrons. The number of anilines is 1. The molecule has 2 aromatic rings. The number of amides is 2. The molecular formula is C22H22N2O5S. The summed E-state index contributed by atoms with van der Waals surface area (Å²) in [6.45, 7) is 7.60. The molecule has 1 aliphatic heterocycles. The molecule has 7 nitrogen and oxygen atoms in total. The molecular weight excluding hydrogens is 404 g/mol. The number of thioether (sulfide) groups is 1. The Bertz CT molecular complexity index is 1030. The number of benzene rings is 2. The number of nitrogens with zero attached hydrogens (tertiary/aromatic N) is 2. The van der Waals surface area contributed by atoms with Crippen LogP contribution in [0.3, 0.4) is 0 Å². The van der Waals surface area contributed by atoms with Crippen molar-refractivity contribution in [1.29, 1.82) is 0 Å². The molecule has 8 heteroatoms. The summed E-state index contributed by atoms with van der Waals surface area (Å²) in [5.41, 5.74) is 1.00. The van der Waals surface area contributed by atoms with Crippen LogP contribution in [-0.2, 0) is 9.59 Å². The Morgan fingerprint density at radius 2 is 1.60 bits per heavy atom. The van der Waals surface area contributed by atoms with Crippen molar-refractivity contribution in [2.24, 2.45) is 0 Å². The van der Waals surface area contributed by atoms with Crippen LogP contribution >= 0.6 is 11.8 Å². The van der Waals surface area contributed by atoms with Gasteiger partial charge in [-0.15, -0.1) is 11.8 Å². The molecule has 0 aromatic heterocycles. The molecule has 0 atom stereocenters. The third-order valence-corrected chi connectivity index (χ3v) is 5.32. The Kier molecular flexibility index (Phi) is 6.26. The molecule has 1 aliphatic rings. The summed E-state index contributed by atoms with van der Waals surface area (Å²) in [5.74, 6) is -0.461. The summed E-state index contributed by atoms with van der Waals surface area (Å²) in [7, 11) is 0. The van der Waals surface area contributed by atoms with Crippen molar-refractivity contribution < 1.29 is 19.2 Å². The van der Waals surface area contributed by atoms with Gasteiger partial charge in [-0.1, -0.05) is 26.0 Å². The van der Waals surface area contributed by atoms with Gasteiger partial charge in [0.05, 0.1) is 27.2 Å². The lowest BCUT2D eigenvalue weighted by molar-refractivity contribution is -0.384. The first kappa shape index (κ1) is 21.6. The summed E-state index contributed by atoms with van der Waals surface area (Å²) in [5, 5.41) is 11.0. The van der Waals surface area contributed by atoms with Gasteiger partial charge in [0, 0.05) is 17.4 Å². The molecule has 1 heterocycles. The fourth-order valence-electron chi connectivity index (χ4n) is 3.07. The molecule has 3 rings (SSSR count). The molecule has 0 aliphatic carbocycles. The van der Waals surface area contributed by atoms with E-state index in [1.165, 1.54) is 36.0 Å². The van der Waals surface area contributed by atoms with E-state index in [0.29, 0.717) is 21.9 Å². The smallest absolute Gasteiger partial charge is 0.272 e. The van der Waals surface area contributed by atoms with Crippen LogP contribution in [0.5, 0.6) is 5.75 Å². The van der Waals surface area contributed by atoms with Crippen molar-refractivity contribution in [2.45, 2.75) is 39.0 Å². The molecule has 0 unspecified atom stereocenters. The summed E-state index contributed by atoms with van der Waals surface area (Å²) in [6.07, 6.45) is -0.134. The number of rotatable bonds is 7. The van der Waals surface area contributed by atoms with Gasteiger partial charge >= 0.3 is 0 Å². The van der Waals surface area contributed by atoms with Crippen LogP contribution in [0.15, 0.2) is 53.4 Å². The van der Waals surface area contributed by atoms with E-state index in [-0.39, 0.29) is 22.6 Å². The number of carbonyl (C=O) groups excluding carboxylic acids is 2. The van der Waals surface area contributed by atoms with E-state index >= 15 is 0 Å². The minimum Gasteiger partial charge on any atom is -0.489 e. The fraction of sp³-hybridized carbons (Fsp3) is 0.273. The zero-order valence-corrected chi connectivity index (χ0v) is 17.9. The van der Waals surface area contributed by atoms with E-state index in [2.05, 4.69) is 0 Å². The molecule has 2 amide bonds. The van der Waals surface area contributed by atoms with Crippen LogP contribution in [-0.4, -0.2) is 28.1 Å². The lowest BCUT2D eigenvalue weighted by Crippen LogP contribution is -2.32. The van der Waals surface area contributed by atoms with Gasteiger partial charge in [0.15, 0.2) is 0 Å². The Labute approximate surface area is 178 Å². The van der Waals surface area contributed by atoms with Crippen molar-refractivity contribution >= 4 is 40.5 Å². The van der Waals surface area contributed by atoms with Gasteiger partial charge in [0.2, 0.25) is 0 Å². The third kappa shape index (κ3) is 4.23. The minimum atomic E-state index is -0.505. The maximum absolute atomic E-state index is 13.4. The number of nitro benzene ring substituents is 1. The van der Waals surface area contributed by atoms with Gasteiger partial charge in [-0.2, -0.15) is 0 Å². The lowest BCUT2D eigenvalue weighted by atomic mass is 10.1. The van der Waals surface area contributed by atoms with E-state index in [1.807, 2.05) is 27.7 Å². The van der Waals surface area contributed by atoms with Crippen LogP contribution in [0.4, 0.5) is 11.4 Å². The lowest BCUT2D eigenvalue weighted by Gasteiger charge is -2.20. The van der Waals surface area contributed by atoms with Crippen LogP contribution in [0.25, 0.3) is 5.57 Å². The summed E-state index contributed by atoms with van der Waals surface area (Å²) < 4.78 is 5.81. The van der Waals surface area contributed by atoms with Crippen LogP contribution in [0, 0.1) is 10.1 Å². The molecule has 30 heavy (non-hydrogen) atoms. The molecule has 156 valence electrons. The molecule has 2 aromatic carbocycles. The number of hydrogen-bond donors (Lipinski definition) is 0. The highest BCUT2D eigenvalue weighted by Crippen LogP contribution is 2.42. The highest BCUT2D eigenvalue weighted by molar-refractivity contribution is 8.04. The number of para-hydroxylation sites is 2. The van der Waals surface area contributed by atoms with Gasteiger partial charge < -0.3 is 4.74 Å². The van der Waals surface area contributed by atoms with Crippen molar-refractivity contribution in [2.75, 3.05) is 4.90 Å².